The fraction of sp³-hybridized carbons (Fsp3) is 0.800. The zero-order valence-electron chi connectivity index (χ0n) is 17.0. The van der Waals surface area contributed by atoms with Crippen LogP contribution >= 0.6 is 0 Å². The molecule has 0 fully saturated rings. The number of carbonyl (C=O) groups is 2. The fourth-order valence-corrected chi connectivity index (χ4v) is 1.38. The zero-order valence-corrected chi connectivity index (χ0v) is 17.0. The van der Waals surface area contributed by atoms with Crippen molar-refractivity contribution in [1.29, 1.82) is 0 Å². The molecule has 0 saturated carbocycles. The molecule has 4 heteroatoms. The van der Waals surface area contributed by atoms with Crippen molar-refractivity contribution in [3.63, 3.8) is 0 Å². The highest BCUT2D eigenvalue weighted by Crippen LogP contribution is 2.26. The molecule has 0 rings (SSSR count). The van der Waals surface area contributed by atoms with E-state index in [9.17, 15) is 9.59 Å². The van der Waals surface area contributed by atoms with Crippen molar-refractivity contribution in [1.82, 2.24) is 0 Å². The van der Waals surface area contributed by atoms with Gasteiger partial charge in [-0.05, 0) is 68.2 Å². The Morgan fingerprint density at radius 1 is 0.667 bits per heavy atom. The molecule has 138 valence electrons. The SMILES string of the molecule is CCC(C)(C)C(=O)OC(C)(C)C#CC(C)(C)OC(=O)C(C)(C)CC. The number of ether oxygens (including phenoxy) is 2. The summed E-state index contributed by atoms with van der Waals surface area (Å²) in [6, 6.07) is 0. The Balaban J connectivity index is 5.12. The Kier molecular flexibility index (Phi) is 7.12. The van der Waals surface area contributed by atoms with Crippen molar-refractivity contribution in [2.75, 3.05) is 0 Å². The molecular weight excluding hydrogens is 304 g/mol. The van der Waals surface area contributed by atoms with Gasteiger partial charge in [-0.2, -0.15) is 0 Å². The van der Waals surface area contributed by atoms with Crippen LogP contribution in [-0.2, 0) is 19.1 Å². The van der Waals surface area contributed by atoms with Crippen LogP contribution < -0.4 is 0 Å². The van der Waals surface area contributed by atoms with Crippen LogP contribution in [0.3, 0.4) is 0 Å². The third kappa shape index (κ3) is 6.95. The van der Waals surface area contributed by atoms with Gasteiger partial charge in [-0.3, -0.25) is 9.59 Å². The summed E-state index contributed by atoms with van der Waals surface area (Å²) in [5.74, 6) is 5.29. The van der Waals surface area contributed by atoms with Gasteiger partial charge >= 0.3 is 11.9 Å². The maximum absolute atomic E-state index is 12.2. The van der Waals surface area contributed by atoms with E-state index in [1.165, 1.54) is 0 Å². The van der Waals surface area contributed by atoms with Gasteiger partial charge in [0.1, 0.15) is 0 Å². The van der Waals surface area contributed by atoms with E-state index >= 15 is 0 Å². The van der Waals surface area contributed by atoms with E-state index < -0.39 is 22.0 Å². The summed E-state index contributed by atoms with van der Waals surface area (Å²) in [7, 11) is 0. The lowest BCUT2D eigenvalue weighted by atomic mass is 9.90. The third-order valence-electron chi connectivity index (χ3n) is 4.23. The van der Waals surface area contributed by atoms with Crippen molar-refractivity contribution in [2.45, 2.75) is 93.3 Å². The number of hydrogen-bond acceptors (Lipinski definition) is 4. The summed E-state index contributed by atoms with van der Waals surface area (Å²) in [4.78, 5) is 24.4. The first-order valence-corrected chi connectivity index (χ1v) is 8.60. The molecule has 0 aliphatic heterocycles. The number of rotatable bonds is 6. The molecule has 0 spiro atoms. The third-order valence-corrected chi connectivity index (χ3v) is 4.23. The van der Waals surface area contributed by atoms with E-state index in [0.29, 0.717) is 12.8 Å². The lowest BCUT2D eigenvalue weighted by Crippen LogP contribution is -2.36. The Hall–Kier alpha value is -1.50. The summed E-state index contributed by atoms with van der Waals surface area (Å²) in [6.45, 7) is 18.2. The van der Waals surface area contributed by atoms with Crippen LogP contribution in [-0.4, -0.2) is 23.1 Å². The number of hydrogen-bond donors (Lipinski definition) is 0. The van der Waals surface area contributed by atoms with E-state index in [1.807, 2.05) is 41.5 Å². The molecule has 4 nitrogen and oxygen atoms in total. The van der Waals surface area contributed by atoms with Gasteiger partial charge in [-0.1, -0.05) is 25.7 Å². The minimum absolute atomic E-state index is 0.286. The van der Waals surface area contributed by atoms with Gasteiger partial charge in [0.2, 0.25) is 0 Å². The fourth-order valence-electron chi connectivity index (χ4n) is 1.38. The number of carbonyl (C=O) groups excluding carboxylic acids is 2. The second kappa shape index (κ2) is 7.59. The molecule has 0 saturated heterocycles. The molecule has 0 bridgehead atoms. The van der Waals surface area contributed by atoms with Crippen LogP contribution in [0.1, 0.15) is 82.1 Å². The summed E-state index contributed by atoms with van der Waals surface area (Å²) >= 11 is 0. The van der Waals surface area contributed by atoms with Crippen molar-refractivity contribution in [3.8, 4) is 11.8 Å². The Bertz CT molecular complexity index is 482. The van der Waals surface area contributed by atoms with E-state index in [4.69, 9.17) is 9.47 Å². The van der Waals surface area contributed by atoms with Gasteiger partial charge in [0, 0.05) is 0 Å². The van der Waals surface area contributed by atoms with E-state index in [2.05, 4.69) is 11.8 Å². The highest BCUT2D eigenvalue weighted by atomic mass is 16.6. The first-order valence-electron chi connectivity index (χ1n) is 8.60. The molecule has 0 heterocycles. The average molecular weight is 338 g/mol. The standard InChI is InChI=1S/C20H34O4/c1-11-17(3,4)15(21)23-19(7,8)13-14-20(9,10)24-16(22)18(5,6)12-2/h11-12H2,1-10H3. The largest absolute Gasteiger partial charge is 0.446 e. The van der Waals surface area contributed by atoms with Crippen LogP contribution in [0.5, 0.6) is 0 Å². The second-order valence-electron chi connectivity index (χ2n) is 8.52. The van der Waals surface area contributed by atoms with Crippen LogP contribution in [0.15, 0.2) is 0 Å². The predicted octanol–water partition coefficient (Wildman–Crippen LogP) is 4.51. The molecule has 0 aromatic rings. The van der Waals surface area contributed by atoms with Crippen LogP contribution in [0, 0.1) is 22.7 Å². The van der Waals surface area contributed by atoms with Crippen molar-refractivity contribution >= 4 is 11.9 Å². The molecule has 0 aromatic heterocycles. The van der Waals surface area contributed by atoms with Crippen LogP contribution in [0.25, 0.3) is 0 Å². The Labute approximate surface area is 147 Å². The Morgan fingerprint density at radius 2 is 0.917 bits per heavy atom. The van der Waals surface area contributed by atoms with E-state index in [1.54, 1.807) is 27.7 Å². The summed E-state index contributed by atoms with van der Waals surface area (Å²) in [5, 5.41) is 0. The maximum atomic E-state index is 12.2. The predicted molar refractivity (Wildman–Crippen MR) is 96.3 cm³/mol. The quantitative estimate of drug-likeness (QED) is 0.528. The van der Waals surface area contributed by atoms with Crippen molar-refractivity contribution in [2.24, 2.45) is 10.8 Å². The number of esters is 2. The molecule has 0 unspecified atom stereocenters. The van der Waals surface area contributed by atoms with Crippen molar-refractivity contribution < 1.29 is 19.1 Å². The molecule has 0 N–H and O–H groups in total. The average Bonchev–Trinajstić information content (AvgIpc) is 2.44. The van der Waals surface area contributed by atoms with Crippen molar-refractivity contribution in [3.05, 3.63) is 0 Å². The minimum Gasteiger partial charge on any atom is -0.446 e. The zero-order chi connectivity index (χ0) is 19.4. The minimum atomic E-state index is -0.951. The molecule has 0 aromatic carbocycles. The smallest absolute Gasteiger partial charge is 0.312 e. The van der Waals surface area contributed by atoms with Gasteiger partial charge < -0.3 is 9.47 Å². The summed E-state index contributed by atoms with van der Waals surface area (Å²) < 4.78 is 11.1. The first-order chi connectivity index (χ1) is 10.6. The lowest BCUT2D eigenvalue weighted by molar-refractivity contribution is -0.164. The van der Waals surface area contributed by atoms with E-state index in [0.717, 1.165) is 0 Å². The second-order valence-corrected chi connectivity index (χ2v) is 8.52. The van der Waals surface area contributed by atoms with Gasteiger partial charge in [0.25, 0.3) is 0 Å². The summed E-state index contributed by atoms with van der Waals surface area (Å²) in [5.41, 5.74) is -3.00. The molecular formula is C20H34O4. The Morgan fingerprint density at radius 3 is 1.12 bits per heavy atom. The van der Waals surface area contributed by atoms with Crippen LogP contribution in [0.2, 0.25) is 0 Å². The van der Waals surface area contributed by atoms with Gasteiger partial charge in [-0.25, -0.2) is 0 Å². The summed E-state index contributed by atoms with van der Waals surface area (Å²) in [6.07, 6.45) is 1.37. The highest BCUT2D eigenvalue weighted by Gasteiger charge is 2.34. The molecule has 24 heavy (non-hydrogen) atoms. The topological polar surface area (TPSA) is 52.6 Å². The van der Waals surface area contributed by atoms with Crippen LogP contribution in [0.4, 0.5) is 0 Å². The lowest BCUT2D eigenvalue weighted by Gasteiger charge is -2.28. The molecule has 0 atom stereocenters. The normalized spacial score (nSPS) is 12.9. The molecule has 0 amide bonds. The van der Waals surface area contributed by atoms with Gasteiger partial charge in [0.05, 0.1) is 10.8 Å². The maximum Gasteiger partial charge on any atom is 0.312 e. The molecule has 0 aliphatic carbocycles. The molecule has 0 radical (unpaired) electrons. The molecule has 0 aliphatic rings. The van der Waals surface area contributed by atoms with Gasteiger partial charge in [-0.15, -0.1) is 0 Å². The van der Waals surface area contributed by atoms with Gasteiger partial charge in [0.15, 0.2) is 11.2 Å². The van der Waals surface area contributed by atoms with E-state index in [-0.39, 0.29) is 11.9 Å². The highest BCUT2D eigenvalue weighted by molar-refractivity contribution is 5.77. The first kappa shape index (κ1) is 22.5. The monoisotopic (exact) mass is 338 g/mol.